The van der Waals surface area contributed by atoms with Gasteiger partial charge in [0, 0.05) is 37.1 Å². The van der Waals surface area contributed by atoms with E-state index in [0.717, 1.165) is 32.5 Å². The Hall–Kier alpha value is -1.30. The summed E-state index contributed by atoms with van der Waals surface area (Å²) in [7, 11) is 1.47. The summed E-state index contributed by atoms with van der Waals surface area (Å²) in [6, 6.07) is 0.204. The summed E-state index contributed by atoms with van der Waals surface area (Å²) in [6.07, 6.45) is 1.69. The zero-order chi connectivity index (χ0) is 17.9. The normalized spacial score (nSPS) is 38.3. The number of ether oxygens (including phenoxy) is 2. The van der Waals surface area contributed by atoms with Crippen molar-refractivity contribution >= 4 is 12.1 Å². The fraction of sp³-hybridized carbons (Fsp3) is 0.889. The molecule has 2 aliphatic carbocycles. The summed E-state index contributed by atoms with van der Waals surface area (Å²) < 4.78 is 10.5. The number of amides is 1. The van der Waals surface area contributed by atoms with Crippen LogP contribution in [0.25, 0.3) is 0 Å². The van der Waals surface area contributed by atoms with Crippen LogP contribution in [0, 0.1) is 10.8 Å². The number of hydrogen-bond acceptors (Lipinski definition) is 5. The molecule has 0 radical (unpaired) electrons. The lowest BCUT2D eigenvalue weighted by atomic mass is 10.1. The summed E-state index contributed by atoms with van der Waals surface area (Å²) in [5.74, 6) is -0.0454. The van der Waals surface area contributed by atoms with Crippen LogP contribution in [0.2, 0.25) is 0 Å². The molecule has 2 atom stereocenters. The summed E-state index contributed by atoms with van der Waals surface area (Å²) in [6.45, 7) is 12.4. The highest BCUT2D eigenvalue weighted by Gasteiger charge is 2.87. The number of fused-ring (bicyclic) bond motifs is 1. The van der Waals surface area contributed by atoms with Crippen LogP contribution < -0.4 is 0 Å². The minimum atomic E-state index is -0.477. The average molecular weight is 338 g/mol. The maximum absolute atomic E-state index is 12.5. The molecule has 24 heavy (non-hydrogen) atoms. The minimum absolute atomic E-state index is 0.0454. The van der Waals surface area contributed by atoms with Crippen molar-refractivity contribution in [3.8, 4) is 0 Å². The number of rotatable bonds is 3. The zero-order valence-corrected chi connectivity index (χ0v) is 15.7. The van der Waals surface area contributed by atoms with Crippen molar-refractivity contribution in [2.75, 3.05) is 26.7 Å². The first kappa shape index (κ1) is 17.5. The first-order valence-corrected chi connectivity index (χ1v) is 8.86. The molecule has 136 valence electrons. The van der Waals surface area contributed by atoms with Gasteiger partial charge in [0.25, 0.3) is 0 Å². The maximum atomic E-state index is 12.5. The van der Waals surface area contributed by atoms with Crippen LogP contribution in [0.1, 0.15) is 47.5 Å². The lowest BCUT2D eigenvalue weighted by Crippen LogP contribution is -2.59. The van der Waals surface area contributed by atoms with Gasteiger partial charge in [0.2, 0.25) is 0 Å². The maximum Gasteiger partial charge on any atom is 0.410 e. The monoisotopic (exact) mass is 338 g/mol. The van der Waals surface area contributed by atoms with Crippen molar-refractivity contribution in [2.24, 2.45) is 10.8 Å². The van der Waals surface area contributed by atoms with E-state index >= 15 is 0 Å². The molecule has 6 nitrogen and oxygen atoms in total. The number of nitrogens with zero attached hydrogens (tertiary/aromatic N) is 2. The molecule has 0 aromatic heterocycles. The van der Waals surface area contributed by atoms with Gasteiger partial charge in [0.1, 0.15) is 5.60 Å². The van der Waals surface area contributed by atoms with E-state index in [9.17, 15) is 9.59 Å². The highest BCUT2D eigenvalue weighted by atomic mass is 16.6. The van der Waals surface area contributed by atoms with Gasteiger partial charge in [-0.1, -0.05) is 0 Å². The molecule has 6 heteroatoms. The number of esters is 1. The Bertz CT molecular complexity index is 536. The van der Waals surface area contributed by atoms with E-state index in [-0.39, 0.29) is 35.0 Å². The van der Waals surface area contributed by atoms with E-state index in [2.05, 4.69) is 18.7 Å². The quantitative estimate of drug-likeness (QED) is 0.739. The second kappa shape index (κ2) is 5.35. The van der Waals surface area contributed by atoms with Gasteiger partial charge < -0.3 is 14.4 Å². The predicted molar refractivity (Wildman–Crippen MR) is 89.6 cm³/mol. The number of carbonyl (C=O) groups is 2. The number of methoxy groups -OCH3 is 1. The molecule has 3 fully saturated rings. The Morgan fingerprint density at radius 1 is 1.12 bits per heavy atom. The second-order valence-electron chi connectivity index (χ2n) is 8.99. The van der Waals surface area contributed by atoms with E-state index in [1.807, 2.05) is 25.7 Å². The standard InChI is InChI=1S/C18H30N2O4/c1-12-7-19(11-17-9-18(17,10-17)14(21)23-6)8-13(2)20(12)15(22)24-16(3,4)5/h12-13H,7-11H2,1-6H3. The lowest BCUT2D eigenvalue weighted by molar-refractivity contribution is -0.144. The molecular formula is C18H30N2O4. The van der Waals surface area contributed by atoms with Gasteiger partial charge in [-0.25, -0.2) is 4.79 Å². The SMILES string of the molecule is COC(=O)C12CC1(CN1CC(C)N(C(=O)OC(C)(C)C)C(C)C1)C2. The predicted octanol–water partition coefficient (Wildman–Crippen LogP) is 2.27. The van der Waals surface area contributed by atoms with Crippen molar-refractivity contribution in [1.82, 2.24) is 9.80 Å². The number of carbonyl (C=O) groups excluding carboxylic acids is 2. The van der Waals surface area contributed by atoms with E-state index < -0.39 is 5.60 Å². The minimum Gasteiger partial charge on any atom is -0.469 e. The third kappa shape index (κ3) is 2.79. The van der Waals surface area contributed by atoms with Crippen molar-refractivity contribution in [3.05, 3.63) is 0 Å². The second-order valence-corrected chi connectivity index (χ2v) is 8.99. The van der Waals surface area contributed by atoms with Gasteiger partial charge in [-0.05, 0) is 47.5 Å². The highest BCUT2D eigenvalue weighted by molar-refractivity contribution is 5.87. The van der Waals surface area contributed by atoms with Crippen LogP contribution in [0.4, 0.5) is 4.79 Å². The largest absolute Gasteiger partial charge is 0.469 e. The smallest absolute Gasteiger partial charge is 0.410 e. The molecular weight excluding hydrogens is 308 g/mol. The van der Waals surface area contributed by atoms with E-state index in [0.29, 0.717) is 0 Å². The Balaban J connectivity index is 1.57. The average Bonchev–Trinajstić information content (AvgIpc) is 3.21. The van der Waals surface area contributed by atoms with Gasteiger partial charge in [-0.15, -0.1) is 0 Å². The first-order chi connectivity index (χ1) is 11.0. The first-order valence-electron chi connectivity index (χ1n) is 8.86. The summed E-state index contributed by atoms with van der Waals surface area (Å²) in [5, 5.41) is 0. The molecule has 0 spiro atoms. The number of hydrogen-bond donors (Lipinski definition) is 0. The highest BCUT2D eigenvalue weighted by Crippen LogP contribution is 2.86. The Kier molecular flexibility index (Phi) is 3.90. The molecule has 1 saturated heterocycles. The van der Waals surface area contributed by atoms with Crippen molar-refractivity contribution in [2.45, 2.75) is 65.1 Å². The van der Waals surface area contributed by atoms with Crippen LogP contribution in [0.15, 0.2) is 0 Å². The van der Waals surface area contributed by atoms with Crippen LogP contribution in [0.3, 0.4) is 0 Å². The fourth-order valence-electron chi connectivity index (χ4n) is 4.50. The molecule has 2 unspecified atom stereocenters. The van der Waals surface area contributed by atoms with Crippen LogP contribution >= 0.6 is 0 Å². The zero-order valence-electron chi connectivity index (χ0n) is 15.7. The van der Waals surface area contributed by atoms with Gasteiger partial charge in [-0.3, -0.25) is 9.69 Å². The molecule has 2 saturated carbocycles. The van der Waals surface area contributed by atoms with Crippen LogP contribution in [-0.4, -0.2) is 66.3 Å². The lowest BCUT2D eigenvalue weighted by Gasteiger charge is -2.44. The molecule has 1 aliphatic heterocycles. The molecule has 0 N–H and O–H groups in total. The Morgan fingerprint density at radius 3 is 2.12 bits per heavy atom. The van der Waals surface area contributed by atoms with Crippen molar-refractivity contribution in [3.63, 3.8) is 0 Å². The van der Waals surface area contributed by atoms with Crippen molar-refractivity contribution in [1.29, 1.82) is 0 Å². The number of piperazine rings is 1. The molecule has 1 heterocycles. The van der Waals surface area contributed by atoms with Gasteiger partial charge in [0.15, 0.2) is 0 Å². The third-order valence-electron chi connectivity index (χ3n) is 5.75. The van der Waals surface area contributed by atoms with E-state index in [1.54, 1.807) is 0 Å². The van der Waals surface area contributed by atoms with E-state index in [4.69, 9.17) is 9.47 Å². The summed E-state index contributed by atoms with van der Waals surface area (Å²) >= 11 is 0. The summed E-state index contributed by atoms with van der Waals surface area (Å²) in [5.41, 5.74) is -0.515. The van der Waals surface area contributed by atoms with Gasteiger partial charge >= 0.3 is 12.1 Å². The molecule has 0 aromatic rings. The van der Waals surface area contributed by atoms with Crippen LogP contribution in [0.5, 0.6) is 0 Å². The topological polar surface area (TPSA) is 59.1 Å². The van der Waals surface area contributed by atoms with Gasteiger partial charge in [-0.2, -0.15) is 0 Å². The third-order valence-corrected chi connectivity index (χ3v) is 5.75. The molecule has 1 amide bonds. The molecule has 0 aromatic carbocycles. The molecule has 0 bridgehead atoms. The molecule has 3 aliphatic rings. The fourth-order valence-corrected chi connectivity index (χ4v) is 4.50. The van der Waals surface area contributed by atoms with Crippen LogP contribution in [-0.2, 0) is 14.3 Å². The molecule has 3 rings (SSSR count). The van der Waals surface area contributed by atoms with E-state index in [1.165, 1.54) is 7.11 Å². The van der Waals surface area contributed by atoms with Crippen molar-refractivity contribution < 1.29 is 19.1 Å². The van der Waals surface area contributed by atoms with Gasteiger partial charge in [0.05, 0.1) is 12.5 Å². The Labute approximate surface area is 144 Å². The summed E-state index contributed by atoms with van der Waals surface area (Å²) in [4.78, 5) is 28.6. The Morgan fingerprint density at radius 2 is 1.67 bits per heavy atom.